The van der Waals surface area contributed by atoms with E-state index in [1.165, 1.54) is 16.3 Å². The second kappa shape index (κ2) is 8.27. The number of hydrogen-bond donors (Lipinski definition) is 2. The van der Waals surface area contributed by atoms with E-state index in [2.05, 4.69) is 58.1 Å². The summed E-state index contributed by atoms with van der Waals surface area (Å²) in [5, 5.41) is 9.06. The van der Waals surface area contributed by atoms with Crippen molar-refractivity contribution < 1.29 is 4.74 Å². The van der Waals surface area contributed by atoms with E-state index in [1.807, 2.05) is 6.92 Å². The predicted octanol–water partition coefficient (Wildman–Crippen LogP) is 2.54. The van der Waals surface area contributed by atoms with Crippen LogP contribution in [0, 0.1) is 0 Å². The van der Waals surface area contributed by atoms with Gasteiger partial charge in [-0.3, -0.25) is 4.99 Å². The fourth-order valence-electron chi connectivity index (χ4n) is 2.14. The van der Waals surface area contributed by atoms with Gasteiger partial charge in [-0.05, 0) is 29.3 Å². The maximum Gasteiger partial charge on any atom is 0.191 e. The van der Waals surface area contributed by atoms with Gasteiger partial charge in [-0.25, -0.2) is 0 Å². The standard InChI is InChI=1S/C17H23N3O/c1-3-21-11-10-19-17(18-2)20-13-14-8-9-15-6-4-5-7-16(15)12-14/h4-9,12H,3,10-11,13H2,1-2H3,(H2,18,19,20). The quantitative estimate of drug-likeness (QED) is 0.487. The third-order valence-electron chi connectivity index (χ3n) is 3.24. The highest BCUT2D eigenvalue weighted by molar-refractivity contribution is 5.83. The molecular weight excluding hydrogens is 262 g/mol. The van der Waals surface area contributed by atoms with E-state index in [9.17, 15) is 0 Å². The molecule has 21 heavy (non-hydrogen) atoms. The summed E-state index contributed by atoms with van der Waals surface area (Å²) in [6.45, 7) is 4.93. The van der Waals surface area contributed by atoms with E-state index in [0.717, 1.165) is 25.7 Å². The summed E-state index contributed by atoms with van der Waals surface area (Å²) in [6, 6.07) is 14.9. The summed E-state index contributed by atoms with van der Waals surface area (Å²) in [5.41, 5.74) is 1.24. The van der Waals surface area contributed by atoms with Crippen molar-refractivity contribution in [2.24, 2.45) is 4.99 Å². The Morgan fingerprint density at radius 1 is 1.10 bits per heavy atom. The first-order chi connectivity index (χ1) is 10.3. The van der Waals surface area contributed by atoms with Crippen LogP contribution in [0.4, 0.5) is 0 Å². The first-order valence-electron chi connectivity index (χ1n) is 7.33. The van der Waals surface area contributed by atoms with E-state index in [4.69, 9.17) is 4.74 Å². The first-order valence-corrected chi connectivity index (χ1v) is 7.33. The molecule has 2 aromatic rings. The Balaban J connectivity index is 1.87. The molecule has 4 nitrogen and oxygen atoms in total. The maximum absolute atomic E-state index is 5.29. The molecule has 0 saturated carbocycles. The molecule has 0 saturated heterocycles. The second-order valence-corrected chi connectivity index (χ2v) is 4.73. The molecule has 2 N–H and O–H groups in total. The summed E-state index contributed by atoms with van der Waals surface area (Å²) >= 11 is 0. The van der Waals surface area contributed by atoms with E-state index >= 15 is 0 Å². The summed E-state index contributed by atoms with van der Waals surface area (Å²) in [6.07, 6.45) is 0. The van der Waals surface area contributed by atoms with Crippen LogP contribution in [0.3, 0.4) is 0 Å². The number of aliphatic imine (C=N–C) groups is 1. The molecule has 4 heteroatoms. The third kappa shape index (κ3) is 4.76. The van der Waals surface area contributed by atoms with Gasteiger partial charge in [0.05, 0.1) is 6.61 Å². The molecule has 0 aliphatic heterocycles. The zero-order valence-corrected chi connectivity index (χ0v) is 12.7. The van der Waals surface area contributed by atoms with Crippen molar-refractivity contribution in [3.63, 3.8) is 0 Å². The van der Waals surface area contributed by atoms with E-state index in [0.29, 0.717) is 6.61 Å². The van der Waals surface area contributed by atoms with Crippen LogP contribution in [0.2, 0.25) is 0 Å². The molecule has 0 amide bonds. The van der Waals surface area contributed by atoms with Crippen molar-refractivity contribution in [1.29, 1.82) is 0 Å². The number of hydrogen-bond acceptors (Lipinski definition) is 2. The van der Waals surface area contributed by atoms with Gasteiger partial charge >= 0.3 is 0 Å². The molecule has 0 spiro atoms. The van der Waals surface area contributed by atoms with E-state index < -0.39 is 0 Å². The third-order valence-corrected chi connectivity index (χ3v) is 3.24. The van der Waals surface area contributed by atoms with Gasteiger partial charge in [-0.1, -0.05) is 36.4 Å². The lowest BCUT2D eigenvalue weighted by molar-refractivity contribution is 0.152. The average Bonchev–Trinajstić information content (AvgIpc) is 2.54. The van der Waals surface area contributed by atoms with E-state index in [-0.39, 0.29) is 0 Å². The number of ether oxygens (including phenoxy) is 1. The van der Waals surface area contributed by atoms with Gasteiger partial charge in [0.1, 0.15) is 0 Å². The molecule has 2 rings (SSSR count). The summed E-state index contributed by atoms with van der Waals surface area (Å²) in [7, 11) is 1.77. The molecule has 0 aromatic heterocycles. The van der Waals surface area contributed by atoms with Crippen LogP contribution in [0.25, 0.3) is 10.8 Å². The van der Waals surface area contributed by atoms with Crippen molar-refractivity contribution in [2.45, 2.75) is 13.5 Å². The highest BCUT2D eigenvalue weighted by Gasteiger charge is 1.99. The van der Waals surface area contributed by atoms with Crippen LogP contribution in [-0.4, -0.2) is 32.8 Å². The molecule has 0 heterocycles. The molecule has 0 atom stereocenters. The second-order valence-electron chi connectivity index (χ2n) is 4.73. The smallest absolute Gasteiger partial charge is 0.191 e. The maximum atomic E-state index is 5.29. The number of guanidine groups is 1. The number of nitrogens with one attached hydrogen (secondary N) is 2. The van der Waals surface area contributed by atoms with Crippen LogP contribution in [0.1, 0.15) is 12.5 Å². The Kier molecular flexibility index (Phi) is 6.03. The molecule has 0 aliphatic carbocycles. The molecule has 2 aromatic carbocycles. The lowest BCUT2D eigenvalue weighted by Gasteiger charge is -2.12. The average molecular weight is 285 g/mol. The topological polar surface area (TPSA) is 45.6 Å². The molecular formula is C17H23N3O. The highest BCUT2D eigenvalue weighted by atomic mass is 16.5. The Morgan fingerprint density at radius 2 is 1.90 bits per heavy atom. The molecule has 112 valence electrons. The van der Waals surface area contributed by atoms with Crippen molar-refractivity contribution in [3.8, 4) is 0 Å². The summed E-state index contributed by atoms with van der Waals surface area (Å²) < 4.78 is 5.29. The minimum atomic E-state index is 0.688. The molecule has 0 fully saturated rings. The van der Waals surface area contributed by atoms with Crippen molar-refractivity contribution in [2.75, 3.05) is 26.8 Å². The summed E-state index contributed by atoms with van der Waals surface area (Å²) in [5.74, 6) is 0.794. The monoisotopic (exact) mass is 285 g/mol. The number of benzene rings is 2. The van der Waals surface area contributed by atoms with Gasteiger partial charge < -0.3 is 15.4 Å². The summed E-state index contributed by atoms with van der Waals surface area (Å²) in [4.78, 5) is 4.20. The number of fused-ring (bicyclic) bond motifs is 1. The highest BCUT2D eigenvalue weighted by Crippen LogP contribution is 2.15. The fraction of sp³-hybridized carbons (Fsp3) is 0.353. The Bertz CT molecular complexity index is 595. The van der Waals surface area contributed by atoms with Gasteiger partial charge in [0.15, 0.2) is 5.96 Å². The predicted molar refractivity (Wildman–Crippen MR) is 88.6 cm³/mol. The Labute approximate surface area is 126 Å². The van der Waals surface area contributed by atoms with Gasteiger partial charge in [-0.2, -0.15) is 0 Å². The van der Waals surface area contributed by atoms with E-state index in [1.54, 1.807) is 7.05 Å². The molecule has 0 aliphatic rings. The van der Waals surface area contributed by atoms with Gasteiger partial charge in [0.2, 0.25) is 0 Å². The lowest BCUT2D eigenvalue weighted by atomic mass is 10.1. The normalized spacial score (nSPS) is 11.6. The molecule has 0 radical (unpaired) electrons. The zero-order valence-electron chi connectivity index (χ0n) is 12.7. The van der Waals surface area contributed by atoms with Crippen LogP contribution in [0.15, 0.2) is 47.5 Å². The van der Waals surface area contributed by atoms with Gasteiger partial charge in [0.25, 0.3) is 0 Å². The van der Waals surface area contributed by atoms with Crippen LogP contribution in [0.5, 0.6) is 0 Å². The van der Waals surface area contributed by atoms with Crippen molar-refractivity contribution in [3.05, 3.63) is 48.0 Å². The van der Waals surface area contributed by atoms with Gasteiger partial charge in [-0.15, -0.1) is 0 Å². The van der Waals surface area contributed by atoms with Crippen LogP contribution < -0.4 is 10.6 Å². The number of rotatable bonds is 6. The fourth-order valence-corrected chi connectivity index (χ4v) is 2.14. The van der Waals surface area contributed by atoms with Crippen molar-refractivity contribution >= 4 is 16.7 Å². The van der Waals surface area contributed by atoms with Crippen LogP contribution in [-0.2, 0) is 11.3 Å². The lowest BCUT2D eigenvalue weighted by Crippen LogP contribution is -2.38. The Hall–Kier alpha value is -2.07. The molecule has 0 bridgehead atoms. The SMILES string of the molecule is CCOCCNC(=NC)NCc1ccc2ccccc2c1. The minimum absolute atomic E-state index is 0.688. The zero-order chi connectivity index (χ0) is 14.9. The largest absolute Gasteiger partial charge is 0.380 e. The van der Waals surface area contributed by atoms with Gasteiger partial charge in [0, 0.05) is 26.7 Å². The number of nitrogens with zero attached hydrogens (tertiary/aromatic N) is 1. The minimum Gasteiger partial charge on any atom is -0.380 e. The molecule has 0 unspecified atom stereocenters. The van der Waals surface area contributed by atoms with Crippen molar-refractivity contribution in [1.82, 2.24) is 10.6 Å². The van der Waals surface area contributed by atoms with Crippen LogP contribution >= 0.6 is 0 Å². The first kappa shape index (κ1) is 15.3. The Morgan fingerprint density at radius 3 is 2.67 bits per heavy atom.